The minimum Gasteiger partial charge on any atom is -0.490 e. The van der Waals surface area contributed by atoms with E-state index in [1.54, 1.807) is 0 Å². The molecule has 2 atom stereocenters. The van der Waals surface area contributed by atoms with Crippen LogP contribution in [0.25, 0.3) is 0 Å². The molecule has 0 bridgehead atoms. The van der Waals surface area contributed by atoms with Crippen molar-refractivity contribution in [2.24, 2.45) is 0 Å². The predicted molar refractivity (Wildman–Crippen MR) is 77.3 cm³/mol. The molecular formula is C16H23NO3. The number of rotatable bonds is 2. The Morgan fingerprint density at radius 3 is 2.80 bits per heavy atom. The summed E-state index contributed by atoms with van der Waals surface area (Å²) < 4.78 is 11.3. The Balaban J connectivity index is 1.77. The Hall–Kier alpha value is -1.26. The average molecular weight is 277 g/mol. The van der Waals surface area contributed by atoms with E-state index >= 15 is 0 Å². The Labute approximate surface area is 120 Å². The number of nitrogens with one attached hydrogen (secondary N) is 1. The molecule has 110 valence electrons. The van der Waals surface area contributed by atoms with Crippen LogP contribution in [0.1, 0.15) is 43.8 Å². The maximum absolute atomic E-state index is 10.6. The van der Waals surface area contributed by atoms with Gasteiger partial charge in [0.05, 0.1) is 19.3 Å². The molecular weight excluding hydrogens is 254 g/mol. The Morgan fingerprint density at radius 1 is 1.05 bits per heavy atom. The summed E-state index contributed by atoms with van der Waals surface area (Å²) >= 11 is 0. The van der Waals surface area contributed by atoms with Gasteiger partial charge in [-0.3, -0.25) is 0 Å². The summed E-state index contributed by atoms with van der Waals surface area (Å²) in [5.41, 5.74) is 0.911. The lowest BCUT2D eigenvalue weighted by atomic mass is 9.98. The molecule has 2 heterocycles. The van der Waals surface area contributed by atoms with Crippen LogP contribution < -0.4 is 14.8 Å². The minimum atomic E-state index is -0.481. The number of aliphatic hydroxyl groups excluding tert-OH is 1. The number of hydrogen-bond acceptors (Lipinski definition) is 4. The van der Waals surface area contributed by atoms with Crippen LogP contribution in [0.5, 0.6) is 11.5 Å². The number of benzene rings is 1. The van der Waals surface area contributed by atoms with E-state index in [-0.39, 0.29) is 6.04 Å². The van der Waals surface area contributed by atoms with Crippen LogP contribution in [0.3, 0.4) is 0 Å². The van der Waals surface area contributed by atoms with Gasteiger partial charge in [0, 0.05) is 12.5 Å². The van der Waals surface area contributed by atoms with Crippen LogP contribution in [-0.4, -0.2) is 30.9 Å². The van der Waals surface area contributed by atoms with Crippen molar-refractivity contribution in [2.45, 2.75) is 44.2 Å². The topological polar surface area (TPSA) is 50.7 Å². The lowest BCUT2D eigenvalue weighted by Crippen LogP contribution is -2.34. The molecule has 0 aromatic heterocycles. The highest BCUT2D eigenvalue weighted by atomic mass is 16.5. The highest BCUT2D eigenvalue weighted by Gasteiger charge is 2.23. The van der Waals surface area contributed by atoms with Gasteiger partial charge in [0.25, 0.3) is 0 Å². The van der Waals surface area contributed by atoms with Gasteiger partial charge in [-0.25, -0.2) is 0 Å². The van der Waals surface area contributed by atoms with E-state index < -0.39 is 6.10 Å². The van der Waals surface area contributed by atoms with Crippen LogP contribution in [-0.2, 0) is 0 Å². The summed E-state index contributed by atoms with van der Waals surface area (Å²) in [7, 11) is 0. The molecule has 0 spiro atoms. The van der Waals surface area contributed by atoms with Crippen LogP contribution in [0.4, 0.5) is 0 Å². The zero-order valence-corrected chi connectivity index (χ0v) is 11.8. The first-order chi connectivity index (χ1) is 9.84. The fourth-order valence-corrected chi connectivity index (χ4v) is 2.92. The molecule has 2 unspecified atom stereocenters. The third kappa shape index (κ3) is 3.07. The molecule has 1 aromatic carbocycles. The summed E-state index contributed by atoms with van der Waals surface area (Å²) in [6, 6.07) is 5.93. The fraction of sp³-hybridized carbons (Fsp3) is 0.625. The molecule has 2 N–H and O–H groups in total. The molecule has 0 aliphatic carbocycles. The lowest BCUT2D eigenvalue weighted by molar-refractivity contribution is 0.126. The van der Waals surface area contributed by atoms with Crippen molar-refractivity contribution in [3.05, 3.63) is 23.8 Å². The molecule has 0 radical (unpaired) electrons. The van der Waals surface area contributed by atoms with Crippen molar-refractivity contribution in [3.8, 4) is 11.5 Å². The molecule has 1 fully saturated rings. The molecule has 2 aliphatic rings. The second-order valence-electron chi connectivity index (χ2n) is 5.61. The van der Waals surface area contributed by atoms with Gasteiger partial charge in [0.15, 0.2) is 11.5 Å². The first-order valence-electron chi connectivity index (χ1n) is 7.65. The van der Waals surface area contributed by atoms with Gasteiger partial charge in [0.1, 0.15) is 0 Å². The number of aliphatic hydroxyl groups is 1. The molecule has 4 nitrogen and oxygen atoms in total. The largest absolute Gasteiger partial charge is 0.490 e. The van der Waals surface area contributed by atoms with Crippen molar-refractivity contribution in [1.82, 2.24) is 5.32 Å². The molecule has 2 aliphatic heterocycles. The van der Waals surface area contributed by atoms with E-state index in [1.165, 1.54) is 19.3 Å². The second kappa shape index (κ2) is 6.46. The second-order valence-corrected chi connectivity index (χ2v) is 5.61. The first-order valence-corrected chi connectivity index (χ1v) is 7.65. The maximum Gasteiger partial charge on any atom is 0.161 e. The Morgan fingerprint density at radius 2 is 1.90 bits per heavy atom. The highest BCUT2D eigenvalue weighted by Crippen LogP contribution is 2.33. The molecule has 3 rings (SSSR count). The van der Waals surface area contributed by atoms with Crippen LogP contribution in [0, 0.1) is 0 Å². The zero-order chi connectivity index (χ0) is 13.8. The summed E-state index contributed by atoms with van der Waals surface area (Å²) in [5.74, 6) is 1.54. The maximum atomic E-state index is 10.6. The monoisotopic (exact) mass is 277 g/mol. The van der Waals surface area contributed by atoms with E-state index in [2.05, 4.69) is 5.32 Å². The van der Waals surface area contributed by atoms with Gasteiger partial charge < -0.3 is 19.9 Å². The van der Waals surface area contributed by atoms with Gasteiger partial charge in [-0.1, -0.05) is 18.9 Å². The van der Waals surface area contributed by atoms with Crippen molar-refractivity contribution in [3.63, 3.8) is 0 Å². The zero-order valence-electron chi connectivity index (χ0n) is 11.8. The van der Waals surface area contributed by atoms with E-state index in [0.717, 1.165) is 36.4 Å². The normalized spacial score (nSPS) is 24.6. The van der Waals surface area contributed by atoms with Gasteiger partial charge in [0.2, 0.25) is 0 Å². The van der Waals surface area contributed by atoms with Crippen molar-refractivity contribution >= 4 is 0 Å². The lowest BCUT2D eigenvalue weighted by Gasteiger charge is -2.23. The SMILES string of the molecule is OC(c1ccc2c(c1)OCCCO2)C1CCCCCN1. The minimum absolute atomic E-state index is 0.141. The van der Waals surface area contributed by atoms with Crippen LogP contribution in [0.2, 0.25) is 0 Å². The molecule has 0 amide bonds. The third-order valence-electron chi connectivity index (χ3n) is 4.09. The van der Waals surface area contributed by atoms with Crippen LogP contribution in [0.15, 0.2) is 18.2 Å². The molecule has 0 saturated carbocycles. The average Bonchev–Trinajstić information content (AvgIpc) is 2.88. The number of hydrogen-bond donors (Lipinski definition) is 2. The fourth-order valence-electron chi connectivity index (χ4n) is 2.92. The number of ether oxygens (including phenoxy) is 2. The van der Waals surface area contributed by atoms with Gasteiger partial charge >= 0.3 is 0 Å². The van der Waals surface area contributed by atoms with E-state index in [4.69, 9.17) is 9.47 Å². The predicted octanol–water partition coefficient (Wildman–Crippen LogP) is 2.41. The van der Waals surface area contributed by atoms with Gasteiger partial charge in [-0.2, -0.15) is 0 Å². The Kier molecular flexibility index (Phi) is 4.43. The van der Waals surface area contributed by atoms with Gasteiger partial charge in [-0.05, 0) is 37.1 Å². The molecule has 1 aromatic rings. The molecule has 20 heavy (non-hydrogen) atoms. The summed E-state index contributed by atoms with van der Waals surface area (Å²) in [5, 5.41) is 14.0. The summed E-state index contributed by atoms with van der Waals surface area (Å²) in [6.45, 7) is 2.36. The molecule has 4 heteroatoms. The Bertz CT molecular complexity index is 441. The number of fused-ring (bicyclic) bond motifs is 1. The third-order valence-corrected chi connectivity index (χ3v) is 4.09. The standard InChI is InChI=1S/C16H23NO3/c18-16(13-5-2-1-3-8-17-13)12-6-7-14-15(11-12)20-10-4-9-19-14/h6-7,11,13,16-18H,1-5,8-10H2. The van der Waals surface area contributed by atoms with Crippen molar-refractivity contribution < 1.29 is 14.6 Å². The summed E-state index contributed by atoms with van der Waals surface area (Å²) in [6.07, 6.45) is 5.07. The van der Waals surface area contributed by atoms with E-state index in [9.17, 15) is 5.11 Å². The van der Waals surface area contributed by atoms with E-state index in [1.807, 2.05) is 18.2 Å². The van der Waals surface area contributed by atoms with Crippen molar-refractivity contribution in [1.29, 1.82) is 0 Å². The molecule has 1 saturated heterocycles. The smallest absolute Gasteiger partial charge is 0.161 e. The van der Waals surface area contributed by atoms with Gasteiger partial charge in [-0.15, -0.1) is 0 Å². The van der Waals surface area contributed by atoms with E-state index in [0.29, 0.717) is 13.2 Å². The highest BCUT2D eigenvalue weighted by molar-refractivity contribution is 5.44. The van der Waals surface area contributed by atoms with Crippen molar-refractivity contribution in [2.75, 3.05) is 19.8 Å². The van der Waals surface area contributed by atoms with Crippen LogP contribution >= 0.6 is 0 Å². The first kappa shape index (κ1) is 13.7. The summed E-state index contributed by atoms with van der Waals surface area (Å²) in [4.78, 5) is 0. The quantitative estimate of drug-likeness (QED) is 0.871.